The number of carbonyl (C=O) groups excluding carboxylic acids is 1. The molecule has 1 atom stereocenters. The Labute approximate surface area is 198 Å². The molecule has 4 rings (SSSR count). The van der Waals surface area contributed by atoms with Gasteiger partial charge in [0.05, 0.1) is 29.1 Å². The normalized spacial score (nSPS) is 19.5. The SMILES string of the molecule is CCOc1ccc([C@@H]2C(C#N)=C(N)N(c3ccccc3[N+](=O)[O-])C3=C2C(=O)CC(C)(C)C3)cc1. The van der Waals surface area contributed by atoms with Crippen LogP contribution in [0.2, 0.25) is 0 Å². The van der Waals surface area contributed by atoms with Gasteiger partial charge < -0.3 is 10.5 Å². The highest BCUT2D eigenvalue weighted by atomic mass is 16.6. The molecule has 1 aliphatic heterocycles. The number of para-hydroxylation sites is 2. The number of Topliss-reactive ketones (excluding diaryl/α,β-unsaturated/α-hetero) is 1. The van der Waals surface area contributed by atoms with Crippen molar-refractivity contribution in [3.8, 4) is 11.8 Å². The number of hydrogen-bond acceptors (Lipinski definition) is 7. The number of carbonyl (C=O) groups is 1. The van der Waals surface area contributed by atoms with Gasteiger partial charge in [0, 0.05) is 23.8 Å². The third-order valence-corrected chi connectivity index (χ3v) is 6.22. The van der Waals surface area contributed by atoms with Crippen LogP contribution in [-0.2, 0) is 4.79 Å². The van der Waals surface area contributed by atoms with E-state index in [1.54, 1.807) is 30.3 Å². The molecule has 0 bridgehead atoms. The number of anilines is 1. The predicted octanol–water partition coefficient (Wildman–Crippen LogP) is 4.93. The van der Waals surface area contributed by atoms with Gasteiger partial charge in [-0.05, 0) is 42.5 Å². The van der Waals surface area contributed by atoms with E-state index in [2.05, 4.69) is 6.07 Å². The molecule has 2 aromatic rings. The minimum Gasteiger partial charge on any atom is -0.494 e. The number of benzene rings is 2. The summed E-state index contributed by atoms with van der Waals surface area (Å²) >= 11 is 0. The summed E-state index contributed by atoms with van der Waals surface area (Å²) in [5.41, 5.74) is 8.29. The molecule has 2 aromatic carbocycles. The van der Waals surface area contributed by atoms with E-state index in [0.717, 1.165) is 5.56 Å². The van der Waals surface area contributed by atoms with Crippen LogP contribution in [0.3, 0.4) is 0 Å². The highest BCUT2D eigenvalue weighted by Gasteiger charge is 2.45. The zero-order chi connectivity index (χ0) is 24.6. The van der Waals surface area contributed by atoms with Crippen LogP contribution in [0.5, 0.6) is 5.75 Å². The first-order valence-electron chi connectivity index (χ1n) is 11.1. The highest BCUT2D eigenvalue weighted by molar-refractivity contribution is 6.02. The van der Waals surface area contributed by atoms with E-state index in [1.165, 1.54) is 11.0 Å². The Kier molecular flexibility index (Phi) is 5.88. The Morgan fingerprint density at radius 3 is 2.50 bits per heavy atom. The fourth-order valence-electron chi connectivity index (χ4n) is 4.85. The first-order valence-corrected chi connectivity index (χ1v) is 11.1. The van der Waals surface area contributed by atoms with E-state index in [9.17, 15) is 20.2 Å². The third kappa shape index (κ3) is 3.90. The molecule has 0 saturated carbocycles. The number of nitro benzene ring substituents is 1. The van der Waals surface area contributed by atoms with E-state index in [0.29, 0.717) is 36.5 Å². The van der Waals surface area contributed by atoms with Gasteiger partial charge >= 0.3 is 0 Å². The number of nitrogens with zero attached hydrogens (tertiary/aromatic N) is 3. The molecule has 2 N–H and O–H groups in total. The summed E-state index contributed by atoms with van der Waals surface area (Å²) in [6.07, 6.45) is 0.787. The van der Waals surface area contributed by atoms with Gasteiger partial charge in [0.15, 0.2) is 5.78 Å². The third-order valence-electron chi connectivity index (χ3n) is 6.22. The lowest BCUT2D eigenvalue weighted by Crippen LogP contribution is -2.42. The second kappa shape index (κ2) is 8.67. The minimum absolute atomic E-state index is 0.0889. The molecule has 0 saturated heterocycles. The van der Waals surface area contributed by atoms with Crippen molar-refractivity contribution in [2.75, 3.05) is 11.5 Å². The van der Waals surface area contributed by atoms with E-state index >= 15 is 0 Å². The number of ether oxygens (including phenoxy) is 1. The summed E-state index contributed by atoms with van der Waals surface area (Å²) < 4.78 is 5.54. The Balaban J connectivity index is 1.98. The van der Waals surface area contributed by atoms with Gasteiger partial charge in [-0.1, -0.05) is 38.1 Å². The number of hydrogen-bond donors (Lipinski definition) is 1. The zero-order valence-electron chi connectivity index (χ0n) is 19.4. The minimum atomic E-state index is -0.654. The lowest BCUT2D eigenvalue weighted by molar-refractivity contribution is -0.384. The summed E-state index contributed by atoms with van der Waals surface area (Å²) in [6.45, 7) is 6.38. The Hall–Kier alpha value is -4.12. The van der Waals surface area contributed by atoms with Crippen molar-refractivity contribution < 1.29 is 14.5 Å². The highest BCUT2D eigenvalue weighted by Crippen LogP contribution is 2.51. The second-order valence-electron chi connectivity index (χ2n) is 9.23. The molecule has 0 radical (unpaired) electrons. The lowest BCUT2D eigenvalue weighted by Gasteiger charge is -2.43. The maximum atomic E-state index is 13.5. The van der Waals surface area contributed by atoms with Crippen LogP contribution in [0.4, 0.5) is 11.4 Å². The van der Waals surface area contributed by atoms with Crippen molar-refractivity contribution >= 4 is 17.2 Å². The van der Waals surface area contributed by atoms with E-state index in [-0.39, 0.29) is 34.0 Å². The van der Waals surface area contributed by atoms with Crippen LogP contribution >= 0.6 is 0 Å². The van der Waals surface area contributed by atoms with Crippen molar-refractivity contribution in [3.05, 3.63) is 86.9 Å². The molecule has 174 valence electrons. The van der Waals surface area contributed by atoms with Crippen molar-refractivity contribution in [3.63, 3.8) is 0 Å². The van der Waals surface area contributed by atoms with Gasteiger partial charge in [-0.25, -0.2) is 0 Å². The number of ketones is 1. The zero-order valence-corrected chi connectivity index (χ0v) is 19.4. The average Bonchev–Trinajstić information content (AvgIpc) is 2.78. The average molecular weight is 459 g/mol. The van der Waals surface area contributed by atoms with Gasteiger partial charge in [0.1, 0.15) is 17.3 Å². The van der Waals surface area contributed by atoms with Crippen molar-refractivity contribution in [2.45, 2.75) is 39.5 Å². The largest absolute Gasteiger partial charge is 0.494 e. The quantitative estimate of drug-likeness (QED) is 0.497. The van der Waals surface area contributed by atoms with Crippen LogP contribution in [0.25, 0.3) is 0 Å². The van der Waals surface area contributed by atoms with E-state index < -0.39 is 10.8 Å². The molecule has 0 aromatic heterocycles. The van der Waals surface area contributed by atoms with Crippen LogP contribution in [0, 0.1) is 26.9 Å². The number of nitriles is 1. The fourth-order valence-corrected chi connectivity index (χ4v) is 4.85. The summed E-state index contributed by atoms with van der Waals surface area (Å²) in [5.74, 6) is 0.0385. The Morgan fingerprint density at radius 2 is 1.88 bits per heavy atom. The monoisotopic (exact) mass is 458 g/mol. The smallest absolute Gasteiger partial charge is 0.293 e. The van der Waals surface area contributed by atoms with Crippen LogP contribution in [0.1, 0.15) is 45.1 Å². The van der Waals surface area contributed by atoms with Crippen LogP contribution in [0.15, 0.2) is 71.2 Å². The number of nitrogens with two attached hydrogens (primary N) is 1. The number of rotatable bonds is 5. The molecule has 0 amide bonds. The molecule has 1 heterocycles. The molecule has 8 nitrogen and oxygen atoms in total. The number of allylic oxidation sites excluding steroid dienone is 3. The molecule has 34 heavy (non-hydrogen) atoms. The van der Waals surface area contributed by atoms with E-state index in [1.807, 2.05) is 32.9 Å². The van der Waals surface area contributed by atoms with Gasteiger partial charge in [-0.15, -0.1) is 0 Å². The van der Waals surface area contributed by atoms with Crippen LogP contribution in [-0.4, -0.2) is 17.3 Å². The summed E-state index contributed by atoms with van der Waals surface area (Å²) in [7, 11) is 0. The van der Waals surface area contributed by atoms with Crippen molar-refractivity contribution in [1.82, 2.24) is 0 Å². The molecule has 0 unspecified atom stereocenters. The maximum Gasteiger partial charge on any atom is 0.293 e. The van der Waals surface area contributed by atoms with Crippen molar-refractivity contribution in [2.24, 2.45) is 11.1 Å². The first kappa shape index (κ1) is 23.1. The molecular formula is C26H26N4O4. The van der Waals surface area contributed by atoms with Gasteiger partial charge in [0.25, 0.3) is 5.69 Å². The summed E-state index contributed by atoms with van der Waals surface area (Å²) in [5, 5.41) is 22.0. The van der Waals surface area contributed by atoms with Gasteiger partial charge in [-0.2, -0.15) is 5.26 Å². The van der Waals surface area contributed by atoms with Gasteiger partial charge in [0.2, 0.25) is 0 Å². The first-order chi connectivity index (χ1) is 16.2. The van der Waals surface area contributed by atoms with Crippen molar-refractivity contribution in [1.29, 1.82) is 5.26 Å². The lowest BCUT2D eigenvalue weighted by atomic mass is 9.68. The van der Waals surface area contributed by atoms with E-state index in [4.69, 9.17) is 10.5 Å². The predicted molar refractivity (Wildman–Crippen MR) is 128 cm³/mol. The Morgan fingerprint density at radius 1 is 1.21 bits per heavy atom. The summed E-state index contributed by atoms with van der Waals surface area (Å²) in [6, 6.07) is 15.7. The fraction of sp³-hybridized carbons (Fsp3) is 0.308. The molecule has 2 aliphatic rings. The Bertz CT molecular complexity index is 1270. The molecule has 1 aliphatic carbocycles. The summed E-state index contributed by atoms with van der Waals surface area (Å²) in [4.78, 5) is 26.4. The van der Waals surface area contributed by atoms with Gasteiger partial charge in [-0.3, -0.25) is 19.8 Å². The molecule has 0 spiro atoms. The molecular weight excluding hydrogens is 432 g/mol. The maximum absolute atomic E-state index is 13.5. The number of nitro groups is 1. The topological polar surface area (TPSA) is 122 Å². The standard InChI is InChI=1S/C26H26N4O4/c1-4-34-17-11-9-16(10-12-17)23-18(15-27)25(28)29(19-7-5-6-8-20(19)30(32)33)21-13-26(2,3)14-22(31)24(21)23/h5-12,23H,4,13-14,28H2,1-3H3/t23-/m1/s1. The molecule has 0 fully saturated rings. The molecule has 8 heteroatoms. The second-order valence-corrected chi connectivity index (χ2v) is 9.23. The van der Waals surface area contributed by atoms with Crippen LogP contribution < -0.4 is 15.4 Å².